The minimum absolute atomic E-state index is 0.0230. The van der Waals surface area contributed by atoms with Gasteiger partial charge in [-0.3, -0.25) is 14.4 Å². The zero-order valence-corrected chi connectivity index (χ0v) is 16.1. The predicted molar refractivity (Wildman–Crippen MR) is 105 cm³/mol. The molecule has 0 aliphatic carbocycles. The summed E-state index contributed by atoms with van der Waals surface area (Å²) in [5.74, 6) is -0.185. The van der Waals surface area contributed by atoms with Gasteiger partial charge in [0.15, 0.2) is 12.4 Å². The first-order valence-electron chi connectivity index (χ1n) is 8.52. The number of thioether (sulfide) groups is 1. The predicted octanol–water partition coefficient (Wildman–Crippen LogP) is 4.13. The molecule has 2 aromatic carbocycles. The number of amides is 1. The number of nitrogens with one attached hydrogen (secondary N) is 1. The number of anilines is 1. The molecule has 0 fully saturated rings. The number of hydrogen-bond acceptors (Lipinski definition) is 5. The van der Waals surface area contributed by atoms with Crippen LogP contribution in [0.5, 0.6) is 0 Å². The minimum Gasteiger partial charge on any atom is -0.457 e. The van der Waals surface area contributed by atoms with E-state index >= 15 is 0 Å². The van der Waals surface area contributed by atoms with Gasteiger partial charge >= 0.3 is 5.97 Å². The van der Waals surface area contributed by atoms with E-state index in [1.165, 1.54) is 11.8 Å². The number of benzene rings is 2. The maximum atomic E-state index is 12.3. The van der Waals surface area contributed by atoms with Crippen LogP contribution in [0.4, 0.5) is 5.69 Å². The van der Waals surface area contributed by atoms with Gasteiger partial charge in [-0.1, -0.05) is 23.7 Å². The molecule has 0 bridgehead atoms. The van der Waals surface area contributed by atoms with E-state index in [9.17, 15) is 14.4 Å². The molecule has 0 aromatic heterocycles. The molecule has 0 radical (unpaired) electrons. The van der Waals surface area contributed by atoms with Gasteiger partial charge in [0.25, 0.3) is 0 Å². The van der Waals surface area contributed by atoms with E-state index in [0.717, 1.165) is 16.1 Å². The Kier molecular flexibility index (Phi) is 6.53. The number of ketones is 1. The molecule has 2 aromatic rings. The highest BCUT2D eigenvalue weighted by molar-refractivity contribution is 7.99. The summed E-state index contributed by atoms with van der Waals surface area (Å²) >= 11 is 7.53. The van der Waals surface area contributed by atoms with E-state index in [1.807, 2.05) is 18.2 Å². The Morgan fingerprint density at radius 1 is 1.15 bits per heavy atom. The Balaban J connectivity index is 1.45. The fraction of sp³-hybridized carbons (Fsp3) is 0.250. The van der Waals surface area contributed by atoms with E-state index in [4.69, 9.17) is 16.3 Å². The number of esters is 1. The van der Waals surface area contributed by atoms with Crippen molar-refractivity contribution in [3.8, 4) is 0 Å². The molecule has 0 saturated carbocycles. The molecule has 27 heavy (non-hydrogen) atoms. The smallest absolute Gasteiger partial charge is 0.307 e. The Morgan fingerprint density at radius 3 is 2.78 bits per heavy atom. The van der Waals surface area contributed by atoms with Crippen LogP contribution in [0, 0.1) is 0 Å². The van der Waals surface area contributed by atoms with E-state index in [2.05, 4.69) is 5.32 Å². The van der Waals surface area contributed by atoms with E-state index in [1.54, 1.807) is 24.3 Å². The van der Waals surface area contributed by atoms with Gasteiger partial charge in [-0.2, -0.15) is 0 Å². The Morgan fingerprint density at radius 2 is 1.96 bits per heavy atom. The lowest BCUT2D eigenvalue weighted by molar-refractivity contribution is -0.142. The average Bonchev–Trinajstić information content (AvgIpc) is 2.67. The molecule has 1 heterocycles. The number of ether oxygens (including phenoxy) is 1. The Labute approximate surface area is 166 Å². The summed E-state index contributed by atoms with van der Waals surface area (Å²) in [6, 6.07) is 12.5. The summed E-state index contributed by atoms with van der Waals surface area (Å²) < 4.78 is 5.08. The van der Waals surface area contributed by atoms with Crippen LogP contribution in [0.25, 0.3) is 0 Å². The monoisotopic (exact) mass is 403 g/mol. The van der Waals surface area contributed by atoms with Gasteiger partial charge in [-0.15, -0.1) is 11.8 Å². The summed E-state index contributed by atoms with van der Waals surface area (Å²) in [6.45, 7) is -0.291. The van der Waals surface area contributed by atoms with Crippen molar-refractivity contribution in [2.75, 3.05) is 17.7 Å². The van der Waals surface area contributed by atoms with Crippen LogP contribution < -0.4 is 5.32 Å². The molecule has 5 nitrogen and oxygen atoms in total. The highest BCUT2D eigenvalue weighted by atomic mass is 35.5. The highest BCUT2D eigenvalue weighted by Crippen LogP contribution is 2.27. The molecule has 0 saturated heterocycles. The van der Waals surface area contributed by atoms with E-state index in [-0.39, 0.29) is 24.7 Å². The number of Topliss-reactive ketones (excluding diaryl/α,β-unsaturated/α-hetero) is 1. The zero-order valence-electron chi connectivity index (χ0n) is 14.5. The number of aryl methyl sites for hydroxylation is 1. The second-order valence-corrected chi connectivity index (χ2v) is 7.58. The second kappa shape index (κ2) is 9.06. The van der Waals surface area contributed by atoms with Gasteiger partial charge in [-0.25, -0.2) is 0 Å². The Hall–Kier alpha value is -2.31. The molecule has 0 atom stereocenters. The molecule has 7 heteroatoms. The van der Waals surface area contributed by atoms with Crippen LogP contribution in [0.3, 0.4) is 0 Å². The van der Waals surface area contributed by atoms with Crippen molar-refractivity contribution < 1.29 is 19.1 Å². The first-order chi connectivity index (χ1) is 13.0. The second-order valence-electron chi connectivity index (χ2n) is 6.03. The fourth-order valence-electron chi connectivity index (χ4n) is 2.66. The first-order valence-corrected chi connectivity index (χ1v) is 9.88. The number of carbonyl (C=O) groups excluding carboxylic acids is 3. The van der Waals surface area contributed by atoms with Gasteiger partial charge in [0.2, 0.25) is 5.91 Å². The molecule has 140 valence electrons. The molecule has 1 amide bonds. The Bertz CT molecular complexity index is 884. The lowest BCUT2D eigenvalue weighted by Crippen LogP contribution is -2.20. The third-order valence-electron chi connectivity index (χ3n) is 4.09. The standard InChI is InChI=1S/C20H18ClNO4S/c21-15-3-1-2-4-18(15)27-10-9-20(25)26-12-17(23)14-5-7-16-13(11-14)6-8-19(24)22-16/h1-5,7,11H,6,8-10,12H2,(H,22,24). The number of carbonyl (C=O) groups is 3. The molecular formula is C20H18ClNO4S. The zero-order chi connectivity index (χ0) is 19.2. The minimum atomic E-state index is -0.423. The lowest BCUT2D eigenvalue weighted by Gasteiger charge is -2.17. The molecule has 1 aliphatic rings. The topological polar surface area (TPSA) is 72.5 Å². The molecule has 0 spiro atoms. The fourth-order valence-corrected chi connectivity index (χ4v) is 3.83. The maximum absolute atomic E-state index is 12.3. The van der Waals surface area contributed by atoms with E-state index in [0.29, 0.717) is 29.2 Å². The lowest BCUT2D eigenvalue weighted by atomic mass is 9.99. The summed E-state index contributed by atoms with van der Waals surface area (Å²) in [6.07, 6.45) is 1.20. The molecule has 1 N–H and O–H groups in total. The normalized spacial score (nSPS) is 12.9. The van der Waals surface area contributed by atoms with Crippen molar-refractivity contribution in [3.63, 3.8) is 0 Å². The quantitative estimate of drug-likeness (QED) is 0.427. The third kappa shape index (κ3) is 5.34. The molecule has 3 rings (SSSR count). The van der Waals surface area contributed by atoms with Gasteiger partial charge in [0.1, 0.15) is 0 Å². The summed E-state index contributed by atoms with van der Waals surface area (Å²) in [7, 11) is 0. The van der Waals surface area contributed by atoms with Crippen molar-refractivity contribution in [3.05, 3.63) is 58.6 Å². The van der Waals surface area contributed by atoms with E-state index < -0.39 is 5.97 Å². The van der Waals surface area contributed by atoms with Crippen LogP contribution in [0.2, 0.25) is 5.02 Å². The molecule has 1 aliphatic heterocycles. The number of rotatable bonds is 7. The largest absolute Gasteiger partial charge is 0.457 e. The SMILES string of the molecule is O=C1CCc2cc(C(=O)COC(=O)CCSc3ccccc3Cl)ccc2N1. The van der Waals surface area contributed by atoms with Crippen molar-refractivity contribution in [1.82, 2.24) is 0 Å². The number of fused-ring (bicyclic) bond motifs is 1. The van der Waals surface area contributed by atoms with Crippen molar-refractivity contribution in [1.29, 1.82) is 0 Å². The van der Waals surface area contributed by atoms with Crippen LogP contribution >= 0.6 is 23.4 Å². The van der Waals surface area contributed by atoms with Crippen molar-refractivity contribution >= 4 is 46.7 Å². The average molecular weight is 404 g/mol. The molecular weight excluding hydrogens is 386 g/mol. The van der Waals surface area contributed by atoms with Gasteiger partial charge in [0, 0.05) is 28.3 Å². The van der Waals surface area contributed by atoms with Gasteiger partial charge in [-0.05, 0) is 42.3 Å². The number of halogens is 1. The van der Waals surface area contributed by atoms with Crippen molar-refractivity contribution in [2.45, 2.75) is 24.2 Å². The van der Waals surface area contributed by atoms with Crippen LogP contribution in [-0.4, -0.2) is 30.0 Å². The first kappa shape index (κ1) is 19.5. The maximum Gasteiger partial charge on any atom is 0.307 e. The summed E-state index contributed by atoms with van der Waals surface area (Å²) in [5.41, 5.74) is 2.13. The van der Waals surface area contributed by atoms with Crippen molar-refractivity contribution in [2.24, 2.45) is 0 Å². The molecule has 0 unspecified atom stereocenters. The van der Waals surface area contributed by atoms with Gasteiger partial charge in [0.05, 0.1) is 11.4 Å². The van der Waals surface area contributed by atoms with Gasteiger partial charge < -0.3 is 10.1 Å². The van der Waals surface area contributed by atoms with Crippen LogP contribution in [0.15, 0.2) is 47.4 Å². The highest BCUT2D eigenvalue weighted by Gasteiger charge is 2.17. The van der Waals surface area contributed by atoms with Crippen LogP contribution in [-0.2, 0) is 20.7 Å². The third-order valence-corrected chi connectivity index (χ3v) is 5.60. The van der Waals surface area contributed by atoms with Crippen LogP contribution in [0.1, 0.15) is 28.8 Å². The summed E-state index contributed by atoms with van der Waals surface area (Å²) in [5, 5.41) is 3.42. The number of hydrogen-bond donors (Lipinski definition) is 1. The summed E-state index contributed by atoms with van der Waals surface area (Å²) in [4.78, 5) is 36.4.